The number of nitrogens with one attached hydrogen (secondary N) is 3. The summed E-state index contributed by atoms with van der Waals surface area (Å²) >= 11 is 0. The van der Waals surface area contributed by atoms with Crippen LogP contribution >= 0.6 is 0 Å². The molecule has 5 rings (SSSR count). The Kier molecular flexibility index (Phi) is 6.67. The van der Waals surface area contributed by atoms with Gasteiger partial charge in [-0.2, -0.15) is 10.1 Å². The van der Waals surface area contributed by atoms with Gasteiger partial charge >= 0.3 is 0 Å². The van der Waals surface area contributed by atoms with Crippen LogP contribution in [-0.2, 0) is 7.05 Å². The summed E-state index contributed by atoms with van der Waals surface area (Å²) in [5.74, 6) is 1.57. The summed E-state index contributed by atoms with van der Waals surface area (Å²) in [6.45, 7) is 7.79. The number of hydrogen-bond donors (Lipinski definition) is 3. The van der Waals surface area contributed by atoms with Crippen molar-refractivity contribution in [2.75, 3.05) is 36.8 Å². The van der Waals surface area contributed by atoms with Gasteiger partial charge in [0.25, 0.3) is 5.91 Å². The smallest absolute Gasteiger partial charge is 0.252 e. The minimum atomic E-state index is -0.146. The molecular weight excluding hydrogens is 458 g/mol. The van der Waals surface area contributed by atoms with Crippen LogP contribution in [0, 0.1) is 12.8 Å². The van der Waals surface area contributed by atoms with Crippen LogP contribution in [0.2, 0.25) is 0 Å². The highest BCUT2D eigenvalue weighted by atomic mass is 16.1. The molecule has 1 aliphatic rings. The molecule has 3 N–H and O–H groups in total. The normalized spacial score (nSPS) is 15.8. The lowest BCUT2D eigenvalue weighted by Crippen LogP contribution is -2.33. The van der Waals surface area contributed by atoms with Crippen LogP contribution in [0.15, 0.2) is 37.2 Å². The number of rotatable bonds is 8. The van der Waals surface area contributed by atoms with Crippen LogP contribution in [0.5, 0.6) is 0 Å². The fraction of sp³-hybridized carbons (Fsp3) is 0.375. The number of anilines is 4. The van der Waals surface area contributed by atoms with Crippen molar-refractivity contribution in [1.82, 2.24) is 44.9 Å². The largest absolute Gasteiger partial charge is 0.351 e. The first kappa shape index (κ1) is 23.5. The third-order valence-electron chi connectivity index (χ3n) is 6.22. The molecule has 4 aromatic heterocycles. The molecule has 0 spiro atoms. The zero-order valence-corrected chi connectivity index (χ0v) is 20.6. The fourth-order valence-corrected chi connectivity index (χ4v) is 4.25. The average molecular weight is 488 g/mol. The van der Waals surface area contributed by atoms with Crippen LogP contribution in [-0.4, -0.2) is 71.7 Å². The van der Waals surface area contributed by atoms with Crippen LogP contribution in [0.25, 0.3) is 11.0 Å². The number of aryl methyl sites for hydroxylation is 2. The van der Waals surface area contributed by atoms with Crippen LogP contribution in [0.1, 0.15) is 29.4 Å². The van der Waals surface area contributed by atoms with E-state index in [-0.39, 0.29) is 5.91 Å². The predicted molar refractivity (Wildman–Crippen MR) is 136 cm³/mol. The minimum absolute atomic E-state index is 0.146. The molecule has 12 nitrogen and oxygen atoms in total. The third-order valence-corrected chi connectivity index (χ3v) is 6.22. The van der Waals surface area contributed by atoms with Gasteiger partial charge in [-0.3, -0.25) is 9.78 Å². The lowest BCUT2D eigenvalue weighted by Gasteiger charge is -2.15. The first-order valence-electron chi connectivity index (χ1n) is 11.9. The molecule has 1 aliphatic heterocycles. The van der Waals surface area contributed by atoms with E-state index in [1.807, 2.05) is 14.0 Å². The van der Waals surface area contributed by atoms with Crippen molar-refractivity contribution < 1.29 is 4.79 Å². The molecule has 5 heterocycles. The number of pyridine rings is 1. The summed E-state index contributed by atoms with van der Waals surface area (Å²) in [7, 11) is 1.81. The highest BCUT2D eigenvalue weighted by molar-refractivity contribution is 5.96. The first-order chi connectivity index (χ1) is 17.5. The highest BCUT2D eigenvalue weighted by Gasteiger charge is 2.19. The monoisotopic (exact) mass is 487 g/mol. The second kappa shape index (κ2) is 10.2. The summed E-state index contributed by atoms with van der Waals surface area (Å²) in [5, 5.41) is 14.7. The van der Waals surface area contributed by atoms with E-state index in [9.17, 15) is 4.79 Å². The number of amides is 1. The maximum absolute atomic E-state index is 12.7. The fourth-order valence-electron chi connectivity index (χ4n) is 4.25. The number of likely N-dealkylation sites (tertiary alicyclic amines) is 1. The van der Waals surface area contributed by atoms with Gasteiger partial charge in [-0.15, -0.1) is 0 Å². The van der Waals surface area contributed by atoms with E-state index in [4.69, 9.17) is 0 Å². The van der Waals surface area contributed by atoms with Crippen molar-refractivity contribution >= 4 is 40.1 Å². The van der Waals surface area contributed by atoms with Gasteiger partial charge in [0.15, 0.2) is 11.5 Å². The first-order valence-corrected chi connectivity index (χ1v) is 11.9. The minimum Gasteiger partial charge on any atom is -0.351 e. The van der Waals surface area contributed by atoms with Crippen LogP contribution in [0.3, 0.4) is 0 Å². The molecular formula is C24H29N11O. The molecule has 0 aliphatic carbocycles. The number of nitrogens with zero attached hydrogens (tertiary/aromatic N) is 8. The van der Waals surface area contributed by atoms with Crippen molar-refractivity contribution in [3.8, 4) is 0 Å². The summed E-state index contributed by atoms with van der Waals surface area (Å²) < 4.78 is 1.67. The van der Waals surface area contributed by atoms with Crippen molar-refractivity contribution in [3.63, 3.8) is 0 Å². The van der Waals surface area contributed by atoms with Crippen molar-refractivity contribution in [2.45, 2.75) is 20.3 Å². The lowest BCUT2D eigenvalue weighted by molar-refractivity contribution is 0.0949. The molecule has 1 amide bonds. The zero-order chi connectivity index (χ0) is 25.1. The van der Waals surface area contributed by atoms with Gasteiger partial charge in [0.2, 0.25) is 5.95 Å². The van der Waals surface area contributed by atoms with Gasteiger partial charge in [-0.25, -0.2) is 19.6 Å². The van der Waals surface area contributed by atoms with E-state index in [1.165, 1.54) is 12.7 Å². The molecule has 12 heteroatoms. The van der Waals surface area contributed by atoms with Gasteiger partial charge in [-0.1, -0.05) is 6.92 Å². The van der Waals surface area contributed by atoms with Crippen LogP contribution < -0.4 is 16.0 Å². The molecule has 0 saturated carbocycles. The Morgan fingerprint density at radius 1 is 1.14 bits per heavy atom. The zero-order valence-electron chi connectivity index (χ0n) is 20.6. The Morgan fingerprint density at radius 2 is 1.97 bits per heavy atom. The topological polar surface area (TPSA) is 139 Å². The van der Waals surface area contributed by atoms with E-state index < -0.39 is 0 Å². The van der Waals surface area contributed by atoms with E-state index in [2.05, 4.69) is 57.8 Å². The van der Waals surface area contributed by atoms with E-state index >= 15 is 0 Å². The third kappa shape index (κ3) is 5.23. The number of carbonyl (C=O) groups excluding carboxylic acids is 1. The second-order valence-corrected chi connectivity index (χ2v) is 9.09. The Labute approximate surface area is 208 Å². The molecule has 186 valence electrons. The van der Waals surface area contributed by atoms with Crippen molar-refractivity contribution in [1.29, 1.82) is 0 Å². The van der Waals surface area contributed by atoms with Crippen LogP contribution in [0.4, 0.5) is 23.1 Å². The number of hydrogen-bond acceptors (Lipinski definition) is 10. The molecule has 1 saturated heterocycles. The molecule has 1 fully saturated rings. The Bertz CT molecular complexity index is 1370. The number of aromatic nitrogens is 7. The highest BCUT2D eigenvalue weighted by Crippen LogP contribution is 2.26. The maximum Gasteiger partial charge on any atom is 0.252 e. The average Bonchev–Trinajstić information content (AvgIpc) is 3.43. The molecule has 1 atom stereocenters. The van der Waals surface area contributed by atoms with E-state index in [0.717, 1.165) is 36.6 Å². The van der Waals surface area contributed by atoms with E-state index in [1.54, 1.807) is 35.5 Å². The number of fused-ring (bicyclic) bond motifs is 1. The van der Waals surface area contributed by atoms with Gasteiger partial charge in [-0.05, 0) is 31.9 Å². The van der Waals surface area contributed by atoms with Gasteiger partial charge < -0.3 is 20.9 Å². The summed E-state index contributed by atoms with van der Waals surface area (Å²) in [6.07, 6.45) is 9.25. The summed E-state index contributed by atoms with van der Waals surface area (Å²) in [4.78, 5) is 36.5. The maximum atomic E-state index is 12.7. The standard InChI is InChI=1S/C24H29N11O/c1-15-4-6-35(13-15)7-5-27-23(36)17-8-20(16(2)28-9-17)31-21-19-12-29-24(32-22(19)34(3)33-21)30-18-10-25-14-26-11-18/h8-12,14-15H,4-7,13H2,1-3H3,(H,27,36)(H,31,33)(H,29,30,32)/t15-/m0/s1. The van der Waals surface area contributed by atoms with E-state index in [0.29, 0.717) is 40.9 Å². The SMILES string of the molecule is Cc1ncc(C(=O)NCCN2CC[C@H](C)C2)cc1Nc1nn(C)c2nc(Nc3cncnc3)ncc12. The number of carbonyl (C=O) groups is 1. The van der Waals surface area contributed by atoms with Crippen molar-refractivity contribution in [2.24, 2.45) is 13.0 Å². The van der Waals surface area contributed by atoms with Gasteiger partial charge in [0.05, 0.1) is 40.4 Å². The lowest BCUT2D eigenvalue weighted by atomic mass is 10.2. The Morgan fingerprint density at radius 3 is 2.75 bits per heavy atom. The molecule has 0 bridgehead atoms. The summed E-state index contributed by atoms with van der Waals surface area (Å²) in [6, 6.07) is 1.79. The molecule has 0 aromatic carbocycles. The second-order valence-electron chi connectivity index (χ2n) is 9.09. The Balaban J connectivity index is 1.29. The van der Waals surface area contributed by atoms with Gasteiger partial charge in [0, 0.05) is 39.1 Å². The molecule has 36 heavy (non-hydrogen) atoms. The van der Waals surface area contributed by atoms with Gasteiger partial charge in [0.1, 0.15) is 6.33 Å². The Hall–Kier alpha value is -4.19. The summed E-state index contributed by atoms with van der Waals surface area (Å²) in [5.41, 5.74) is 3.26. The molecule has 4 aromatic rings. The predicted octanol–water partition coefficient (Wildman–Crippen LogP) is 2.42. The molecule has 0 radical (unpaired) electrons. The quantitative estimate of drug-likeness (QED) is 0.339. The molecule has 0 unspecified atom stereocenters. The van der Waals surface area contributed by atoms with Crippen molar-refractivity contribution in [3.05, 3.63) is 48.4 Å².